The van der Waals surface area contributed by atoms with Crippen molar-refractivity contribution in [1.82, 2.24) is 0 Å². The zero-order chi connectivity index (χ0) is 13.8. The first-order valence-corrected chi connectivity index (χ1v) is 5.13. The molecule has 0 saturated heterocycles. The maximum Gasteiger partial charge on any atom is 0.303 e. The van der Waals surface area contributed by atoms with Crippen molar-refractivity contribution in [3.8, 4) is 0 Å². The molecule has 7 heteroatoms. The van der Waals surface area contributed by atoms with E-state index in [1.165, 1.54) is 0 Å². The number of aliphatic carboxylic acids is 3. The second-order valence-corrected chi connectivity index (χ2v) is 3.28. The van der Waals surface area contributed by atoms with Gasteiger partial charge in [0.15, 0.2) is 0 Å². The lowest BCUT2D eigenvalue weighted by molar-refractivity contribution is -0.143. The third-order valence-electron chi connectivity index (χ3n) is 1.72. The minimum atomic E-state index is -1.08. The standard InChI is InChI=1S/C6H12O3.C4H6O4/c1-2-5(7)3-4-6(8)9;5-3(6)1-2-4(7)8/h5,7H,2-4H2,1H3,(H,8,9);1-2H2,(H,5,6)(H,7,8). The summed E-state index contributed by atoms with van der Waals surface area (Å²) < 4.78 is 0. The Balaban J connectivity index is 0. The largest absolute Gasteiger partial charge is 0.481 e. The van der Waals surface area contributed by atoms with Crippen molar-refractivity contribution in [3.63, 3.8) is 0 Å². The number of rotatable bonds is 7. The molecular weight excluding hydrogens is 232 g/mol. The first kappa shape index (κ1) is 17.8. The van der Waals surface area contributed by atoms with Crippen LogP contribution in [0.1, 0.15) is 39.0 Å². The van der Waals surface area contributed by atoms with Crippen LogP contribution in [0.5, 0.6) is 0 Å². The van der Waals surface area contributed by atoms with Crippen LogP contribution < -0.4 is 0 Å². The Hall–Kier alpha value is -1.63. The molecule has 0 rings (SSSR count). The minimum Gasteiger partial charge on any atom is -0.481 e. The van der Waals surface area contributed by atoms with Crippen molar-refractivity contribution in [2.24, 2.45) is 0 Å². The van der Waals surface area contributed by atoms with E-state index in [0.717, 1.165) is 0 Å². The van der Waals surface area contributed by atoms with E-state index in [4.69, 9.17) is 20.4 Å². The third kappa shape index (κ3) is 20.4. The summed E-state index contributed by atoms with van der Waals surface area (Å²) in [7, 11) is 0. The highest BCUT2D eigenvalue weighted by molar-refractivity contribution is 5.75. The Morgan fingerprint density at radius 3 is 1.47 bits per heavy atom. The van der Waals surface area contributed by atoms with Crippen LogP contribution in [0.15, 0.2) is 0 Å². The Kier molecular flexibility index (Phi) is 11.4. The van der Waals surface area contributed by atoms with E-state index in [9.17, 15) is 14.4 Å². The molecule has 0 bridgehead atoms. The van der Waals surface area contributed by atoms with Gasteiger partial charge >= 0.3 is 17.9 Å². The van der Waals surface area contributed by atoms with Crippen LogP contribution in [0.4, 0.5) is 0 Å². The molecule has 0 aromatic carbocycles. The van der Waals surface area contributed by atoms with Gasteiger partial charge in [0.05, 0.1) is 18.9 Å². The molecule has 1 atom stereocenters. The first-order valence-electron chi connectivity index (χ1n) is 5.13. The number of hydrogen-bond donors (Lipinski definition) is 4. The minimum absolute atomic E-state index is 0.0645. The Morgan fingerprint density at radius 2 is 1.24 bits per heavy atom. The van der Waals surface area contributed by atoms with Crippen LogP contribution in [-0.4, -0.2) is 44.4 Å². The molecule has 17 heavy (non-hydrogen) atoms. The summed E-state index contributed by atoms with van der Waals surface area (Å²) in [5, 5.41) is 32.8. The second kappa shape index (κ2) is 10.9. The van der Waals surface area contributed by atoms with Crippen LogP contribution in [0.3, 0.4) is 0 Å². The van der Waals surface area contributed by atoms with E-state index < -0.39 is 24.0 Å². The van der Waals surface area contributed by atoms with Gasteiger partial charge in [0, 0.05) is 6.42 Å². The van der Waals surface area contributed by atoms with Crippen LogP contribution in [-0.2, 0) is 14.4 Å². The first-order chi connectivity index (χ1) is 7.79. The molecule has 4 N–H and O–H groups in total. The topological polar surface area (TPSA) is 132 Å². The summed E-state index contributed by atoms with van der Waals surface area (Å²) in [5.74, 6) is -3.00. The smallest absolute Gasteiger partial charge is 0.303 e. The molecule has 0 aliphatic carbocycles. The van der Waals surface area contributed by atoms with E-state index in [0.29, 0.717) is 12.8 Å². The summed E-state index contributed by atoms with van der Waals surface area (Å²) in [4.78, 5) is 29.2. The molecule has 0 heterocycles. The fraction of sp³-hybridized carbons (Fsp3) is 0.700. The third-order valence-corrected chi connectivity index (χ3v) is 1.72. The molecule has 0 spiro atoms. The average molecular weight is 250 g/mol. The molecule has 0 amide bonds. The summed E-state index contributed by atoms with van der Waals surface area (Å²) in [6.07, 6.45) is 0.0276. The highest BCUT2D eigenvalue weighted by Gasteiger charge is 2.03. The van der Waals surface area contributed by atoms with E-state index in [-0.39, 0.29) is 19.3 Å². The van der Waals surface area contributed by atoms with Crippen molar-refractivity contribution >= 4 is 17.9 Å². The molecule has 0 saturated carbocycles. The van der Waals surface area contributed by atoms with Crippen molar-refractivity contribution in [3.05, 3.63) is 0 Å². The zero-order valence-corrected chi connectivity index (χ0v) is 9.63. The fourth-order valence-electron chi connectivity index (χ4n) is 0.708. The SMILES string of the molecule is CCC(O)CCC(=O)O.O=C(O)CCC(=O)O. The van der Waals surface area contributed by atoms with Gasteiger partial charge in [0.25, 0.3) is 0 Å². The number of carboxylic acids is 3. The number of carboxylic acid groups (broad SMARTS) is 3. The van der Waals surface area contributed by atoms with Crippen LogP contribution in [0.2, 0.25) is 0 Å². The Bertz CT molecular complexity index is 235. The fourth-order valence-corrected chi connectivity index (χ4v) is 0.708. The van der Waals surface area contributed by atoms with Gasteiger partial charge in [0.1, 0.15) is 0 Å². The lowest BCUT2D eigenvalue weighted by Gasteiger charge is -2.02. The van der Waals surface area contributed by atoms with Crippen LogP contribution in [0, 0.1) is 0 Å². The van der Waals surface area contributed by atoms with E-state index in [1.54, 1.807) is 0 Å². The maximum atomic E-state index is 9.91. The van der Waals surface area contributed by atoms with Crippen LogP contribution in [0.25, 0.3) is 0 Å². The number of carbonyl (C=O) groups is 3. The van der Waals surface area contributed by atoms with E-state index in [1.807, 2.05) is 6.92 Å². The Morgan fingerprint density at radius 1 is 0.882 bits per heavy atom. The van der Waals surface area contributed by atoms with Gasteiger partial charge in [-0.1, -0.05) is 6.92 Å². The molecule has 7 nitrogen and oxygen atoms in total. The Labute approximate surface area is 98.7 Å². The molecule has 0 aromatic rings. The monoisotopic (exact) mass is 250 g/mol. The molecule has 1 unspecified atom stereocenters. The highest BCUT2D eigenvalue weighted by Crippen LogP contribution is 1.99. The maximum absolute atomic E-state index is 9.91. The summed E-state index contributed by atoms with van der Waals surface area (Å²) in [6.45, 7) is 1.83. The quantitative estimate of drug-likeness (QED) is 0.518. The van der Waals surface area contributed by atoms with Crippen molar-refractivity contribution in [2.75, 3.05) is 0 Å². The molecular formula is C10H18O7. The summed E-state index contributed by atoms with van der Waals surface area (Å²) in [6, 6.07) is 0. The van der Waals surface area contributed by atoms with E-state index in [2.05, 4.69) is 0 Å². The summed E-state index contributed by atoms with van der Waals surface area (Å²) >= 11 is 0. The molecule has 0 radical (unpaired) electrons. The zero-order valence-electron chi connectivity index (χ0n) is 9.63. The normalized spacial score (nSPS) is 10.9. The van der Waals surface area contributed by atoms with Gasteiger partial charge in [-0.05, 0) is 12.8 Å². The lowest BCUT2D eigenvalue weighted by atomic mass is 10.1. The highest BCUT2D eigenvalue weighted by atomic mass is 16.4. The van der Waals surface area contributed by atoms with Gasteiger partial charge in [0.2, 0.25) is 0 Å². The predicted molar refractivity (Wildman–Crippen MR) is 57.7 cm³/mol. The number of hydrogen-bond acceptors (Lipinski definition) is 4. The molecule has 100 valence electrons. The van der Waals surface area contributed by atoms with Gasteiger partial charge < -0.3 is 20.4 Å². The molecule has 0 aliphatic rings. The van der Waals surface area contributed by atoms with Gasteiger partial charge in [-0.15, -0.1) is 0 Å². The van der Waals surface area contributed by atoms with E-state index >= 15 is 0 Å². The van der Waals surface area contributed by atoms with Gasteiger partial charge in [-0.2, -0.15) is 0 Å². The average Bonchev–Trinajstić information content (AvgIpc) is 2.23. The summed E-state index contributed by atoms with van der Waals surface area (Å²) in [5.41, 5.74) is 0. The van der Waals surface area contributed by atoms with Crippen molar-refractivity contribution < 1.29 is 34.8 Å². The molecule has 0 fully saturated rings. The second-order valence-electron chi connectivity index (χ2n) is 3.28. The molecule has 0 aliphatic heterocycles. The van der Waals surface area contributed by atoms with Crippen LogP contribution >= 0.6 is 0 Å². The van der Waals surface area contributed by atoms with Gasteiger partial charge in [-0.3, -0.25) is 14.4 Å². The predicted octanol–water partition coefficient (Wildman–Crippen LogP) is 0.558. The number of aliphatic hydroxyl groups is 1. The van der Waals surface area contributed by atoms with Gasteiger partial charge in [-0.25, -0.2) is 0 Å². The number of aliphatic hydroxyl groups excluding tert-OH is 1. The van der Waals surface area contributed by atoms with Crippen molar-refractivity contribution in [1.29, 1.82) is 0 Å². The van der Waals surface area contributed by atoms with Crippen molar-refractivity contribution in [2.45, 2.75) is 45.1 Å². The molecule has 0 aromatic heterocycles. The lowest BCUT2D eigenvalue weighted by Crippen LogP contribution is -2.07.